The first-order chi connectivity index (χ1) is 10.3. The third-order valence-corrected chi connectivity index (χ3v) is 5.69. The molecule has 2 heteroatoms. The fraction of sp³-hybridized carbons (Fsp3) is 0.684. The van der Waals surface area contributed by atoms with Crippen molar-refractivity contribution in [3.05, 3.63) is 35.4 Å². The van der Waals surface area contributed by atoms with Crippen LogP contribution in [0, 0.1) is 0 Å². The summed E-state index contributed by atoms with van der Waals surface area (Å²) in [4.78, 5) is 2.74. The molecule has 116 valence electrons. The van der Waals surface area contributed by atoms with Crippen LogP contribution in [0.5, 0.6) is 0 Å². The van der Waals surface area contributed by atoms with E-state index in [1.54, 1.807) is 5.56 Å². The van der Waals surface area contributed by atoms with Gasteiger partial charge in [0.2, 0.25) is 0 Å². The Morgan fingerprint density at radius 2 is 1.57 bits per heavy atom. The van der Waals surface area contributed by atoms with Crippen LogP contribution in [0.2, 0.25) is 0 Å². The number of hydrogen-bond acceptors (Lipinski definition) is 2. The van der Waals surface area contributed by atoms with Crippen molar-refractivity contribution in [1.82, 2.24) is 4.90 Å². The molecule has 21 heavy (non-hydrogen) atoms. The van der Waals surface area contributed by atoms with Crippen LogP contribution in [0.25, 0.3) is 0 Å². The van der Waals surface area contributed by atoms with Crippen molar-refractivity contribution in [3.8, 4) is 0 Å². The van der Waals surface area contributed by atoms with Gasteiger partial charge in [-0.2, -0.15) is 0 Å². The van der Waals surface area contributed by atoms with Crippen LogP contribution < -0.4 is 5.73 Å². The van der Waals surface area contributed by atoms with Crippen LogP contribution in [0.15, 0.2) is 24.3 Å². The summed E-state index contributed by atoms with van der Waals surface area (Å²) in [5.74, 6) is 0. The summed E-state index contributed by atoms with van der Waals surface area (Å²) in [7, 11) is 0. The molecule has 3 rings (SSSR count). The van der Waals surface area contributed by atoms with Crippen LogP contribution in [-0.4, -0.2) is 23.5 Å². The van der Waals surface area contributed by atoms with Crippen molar-refractivity contribution in [2.24, 2.45) is 5.73 Å². The Morgan fingerprint density at radius 1 is 0.905 bits per heavy atom. The van der Waals surface area contributed by atoms with E-state index in [0.29, 0.717) is 0 Å². The first-order valence-electron chi connectivity index (χ1n) is 8.86. The highest BCUT2D eigenvalue weighted by Crippen LogP contribution is 2.34. The summed E-state index contributed by atoms with van der Waals surface area (Å²) < 4.78 is 0. The molecule has 1 aromatic rings. The van der Waals surface area contributed by atoms with Gasteiger partial charge >= 0.3 is 0 Å². The second-order valence-electron chi connectivity index (χ2n) is 6.99. The molecule has 1 saturated carbocycles. The molecule has 1 heterocycles. The molecule has 0 bridgehead atoms. The van der Waals surface area contributed by atoms with E-state index in [4.69, 9.17) is 5.73 Å². The number of nitrogens with two attached hydrogens (primary N) is 1. The topological polar surface area (TPSA) is 29.3 Å². The molecule has 0 saturated heterocycles. The summed E-state index contributed by atoms with van der Waals surface area (Å²) in [5.41, 5.74) is 9.67. The summed E-state index contributed by atoms with van der Waals surface area (Å²) in [6, 6.07) is 9.01. The molecule has 0 radical (unpaired) electrons. The van der Waals surface area contributed by atoms with Crippen LogP contribution in [-0.2, 0) is 13.0 Å². The van der Waals surface area contributed by atoms with E-state index in [2.05, 4.69) is 29.2 Å². The standard InChI is InChI=1S/C19H30N2/c20-16-19(12-6-2-1-3-7-13-19)21-14-8-11-17-9-4-5-10-18(17)15-21/h4-5,9-10H,1-3,6-8,11-16,20H2. The first kappa shape index (κ1) is 15.1. The molecule has 2 nitrogen and oxygen atoms in total. The first-order valence-corrected chi connectivity index (χ1v) is 8.86. The molecule has 0 amide bonds. The van der Waals surface area contributed by atoms with E-state index < -0.39 is 0 Å². The molecule has 1 aliphatic carbocycles. The zero-order chi connectivity index (χ0) is 14.5. The van der Waals surface area contributed by atoms with Crippen molar-refractivity contribution in [2.45, 2.75) is 69.9 Å². The molecule has 0 unspecified atom stereocenters. The lowest BCUT2D eigenvalue weighted by atomic mass is 9.82. The van der Waals surface area contributed by atoms with Crippen molar-refractivity contribution >= 4 is 0 Å². The van der Waals surface area contributed by atoms with Crippen molar-refractivity contribution in [1.29, 1.82) is 0 Å². The number of aryl methyl sites for hydroxylation is 1. The van der Waals surface area contributed by atoms with Crippen LogP contribution in [0.4, 0.5) is 0 Å². The molecule has 1 aliphatic heterocycles. The van der Waals surface area contributed by atoms with E-state index in [-0.39, 0.29) is 5.54 Å². The van der Waals surface area contributed by atoms with Gasteiger partial charge in [-0.25, -0.2) is 0 Å². The monoisotopic (exact) mass is 286 g/mol. The minimum Gasteiger partial charge on any atom is -0.329 e. The summed E-state index contributed by atoms with van der Waals surface area (Å²) in [6.45, 7) is 3.15. The lowest BCUT2D eigenvalue weighted by Crippen LogP contribution is -2.53. The fourth-order valence-electron chi connectivity index (χ4n) is 4.32. The maximum absolute atomic E-state index is 6.32. The van der Waals surface area contributed by atoms with Gasteiger partial charge in [-0.3, -0.25) is 4.90 Å². The Hall–Kier alpha value is -0.860. The maximum Gasteiger partial charge on any atom is 0.0335 e. The van der Waals surface area contributed by atoms with Crippen molar-refractivity contribution in [2.75, 3.05) is 13.1 Å². The van der Waals surface area contributed by atoms with E-state index in [1.165, 1.54) is 69.9 Å². The lowest BCUT2D eigenvalue weighted by Gasteiger charge is -2.44. The molecule has 1 fully saturated rings. The van der Waals surface area contributed by atoms with E-state index in [1.807, 2.05) is 0 Å². The molecule has 1 aromatic carbocycles. The maximum atomic E-state index is 6.32. The predicted octanol–water partition coefficient (Wildman–Crippen LogP) is 3.88. The van der Waals surface area contributed by atoms with Crippen LogP contribution in [0.3, 0.4) is 0 Å². The average molecular weight is 286 g/mol. The second kappa shape index (κ2) is 6.93. The predicted molar refractivity (Wildman–Crippen MR) is 89.3 cm³/mol. The molecule has 2 N–H and O–H groups in total. The number of fused-ring (bicyclic) bond motifs is 1. The molecular formula is C19H30N2. The Labute approximate surface area is 129 Å². The average Bonchev–Trinajstić information content (AvgIpc) is 2.70. The van der Waals surface area contributed by atoms with Gasteiger partial charge in [0, 0.05) is 18.6 Å². The SMILES string of the molecule is NCC1(N2CCCc3ccccc3C2)CCCCCCC1. The van der Waals surface area contributed by atoms with Gasteiger partial charge in [0.1, 0.15) is 0 Å². The quantitative estimate of drug-likeness (QED) is 0.894. The smallest absolute Gasteiger partial charge is 0.0335 e. The number of benzene rings is 1. The minimum absolute atomic E-state index is 0.262. The van der Waals surface area contributed by atoms with Gasteiger partial charge in [0.05, 0.1) is 0 Å². The lowest BCUT2D eigenvalue weighted by molar-refractivity contribution is 0.0604. The zero-order valence-electron chi connectivity index (χ0n) is 13.3. The van der Waals surface area contributed by atoms with E-state index in [9.17, 15) is 0 Å². The number of rotatable bonds is 2. The van der Waals surface area contributed by atoms with Gasteiger partial charge in [-0.1, -0.05) is 56.4 Å². The summed E-state index contributed by atoms with van der Waals surface area (Å²) in [6.07, 6.45) is 12.0. The van der Waals surface area contributed by atoms with E-state index in [0.717, 1.165) is 13.1 Å². The molecular weight excluding hydrogens is 256 g/mol. The van der Waals surface area contributed by atoms with Gasteiger partial charge in [-0.05, 0) is 43.4 Å². The van der Waals surface area contributed by atoms with Crippen molar-refractivity contribution in [3.63, 3.8) is 0 Å². The summed E-state index contributed by atoms with van der Waals surface area (Å²) >= 11 is 0. The number of nitrogens with zero attached hydrogens (tertiary/aromatic N) is 1. The number of hydrogen-bond donors (Lipinski definition) is 1. The zero-order valence-corrected chi connectivity index (χ0v) is 13.3. The third-order valence-electron chi connectivity index (χ3n) is 5.69. The van der Waals surface area contributed by atoms with Gasteiger partial charge < -0.3 is 5.73 Å². The highest BCUT2D eigenvalue weighted by atomic mass is 15.2. The molecule has 2 aliphatic rings. The fourth-order valence-corrected chi connectivity index (χ4v) is 4.32. The Morgan fingerprint density at radius 3 is 2.29 bits per heavy atom. The van der Waals surface area contributed by atoms with Gasteiger partial charge in [-0.15, -0.1) is 0 Å². The van der Waals surface area contributed by atoms with Gasteiger partial charge in [0.15, 0.2) is 0 Å². The van der Waals surface area contributed by atoms with E-state index >= 15 is 0 Å². The molecule has 0 aromatic heterocycles. The molecule has 0 atom stereocenters. The highest BCUT2D eigenvalue weighted by Gasteiger charge is 2.35. The Kier molecular flexibility index (Phi) is 4.97. The largest absolute Gasteiger partial charge is 0.329 e. The van der Waals surface area contributed by atoms with Crippen LogP contribution in [0.1, 0.15) is 62.5 Å². The molecule has 0 spiro atoms. The third kappa shape index (κ3) is 3.32. The van der Waals surface area contributed by atoms with Gasteiger partial charge in [0.25, 0.3) is 0 Å². The second-order valence-corrected chi connectivity index (χ2v) is 6.99. The summed E-state index contributed by atoms with van der Waals surface area (Å²) in [5, 5.41) is 0. The Balaban J connectivity index is 1.82. The Bertz CT molecular complexity index is 447. The highest BCUT2D eigenvalue weighted by molar-refractivity contribution is 5.28. The minimum atomic E-state index is 0.262. The van der Waals surface area contributed by atoms with Crippen molar-refractivity contribution < 1.29 is 0 Å². The van der Waals surface area contributed by atoms with Crippen LogP contribution >= 0.6 is 0 Å². The normalized spacial score (nSPS) is 23.7.